The zero-order valence-electron chi connectivity index (χ0n) is 22.4. The van der Waals surface area contributed by atoms with Gasteiger partial charge in [0.25, 0.3) is 0 Å². The maximum Gasteiger partial charge on any atom is 0.335 e. The lowest BCUT2D eigenvalue weighted by molar-refractivity contribution is -0.141. The van der Waals surface area contributed by atoms with Crippen LogP contribution >= 0.6 is 0 Å². The van der Waals surface area contributed by atoms with Crippen LogP contribution in [0.4, 0.5) is 5.69 Å². The molecule has 2 aliphatic carbocycles. The minimum Gasteiger partial charge on any atom is -0.478 e. The summed E-state index contributed by atoms with van der Waals surface area (Å²) in [4.78, 5) is 14.2. The molecule has 0 atom stereocenters. The van der Waals surface area contributed by atoms with Gasteiger partial charge in [-0.2, -0.15) is 0 Å². The van der Waals surface area contributed by atoms with Gasteiger partial charge in [0.2, 0.25) is 0 Å². The van der Waals surface area contributed by atoms with Crippen LogP contribution in [0, 0.1) is 11.8 Å². The molecule has 1 saturated heterocycles. The second-order valence-electron chi connectivity index (χ2n) is 11.0. The highest BCUT2D eigenvalue weighted by Gasteiger charge is 2.28. The summed E-state index contributed by atoms with van der Waals surface area (Å²) in [7, 11) is 3.45. The molecule has 5 nitrogen and oxygen atoms in total. The van der Waals surface area contributed by atoms with Gasteiger partial charge in [0.1, 0.15) is 0 Å². The summed E-state index contributed by atoms with van der Waals surface area (Å²) in [5, 5.41) is 9.59. The van der Waals surface area contributed by atoms with Crippen LogP contribution in [0.2, 0.25) is 0 Å². The van der Waals surface area contributed by atoms with Gasteiger partial charge in [0, 0.05) is 38.9 Å². The van der Waals surface area contributed by atoms with Crippen molar-refractivity contribution in [1.82, 2.24) is 0 Å². The van der Waals surface area contributed by atoms with Crippen LogP contribution < -0.4 is 4.90 Å². The fraction of sp³-hybridized carbons (Fsp3) is 0.531. The highest BCUT2D eigenvalue weighted by Crippen LogP contribution is 2.43. The molecule has 3 aliphatic rings. The van der Waals surface area contributed by atoms with Crippen molar-refractivity contribution in [2.45, 2.75) is 70.5 Å². The van der Waals surface area contributed by atoms with Gasteiger partial charge in [0.15, 0.2) is 6.29 Å². The van der Waals surface area contributed by atoms with Gasteiger partial charge in [-0.15, -0.1) is 0 Å². The molecule has 2 fully saturated rings. The van der Waals surface area contributed by atoms with E-state index < -0.39 is 5.97 Å². The topological polar surface area (TPSA) is 59.0 Å². The van der Waals surface area contributed by atoms with Crippen LogP contribution in [0.25, 0.3) is 5.57 Å². The highest BCUT2D eigenvalue weighted by molar-refractivity contribution is 5.91. The zero-order valence-corrected chi connectivity index (χ0v) is 22.4. The van der Waals surface area contributed by atoms with Crippen molar-refractivity contribution in [3.05, 3.63) is 70.3 Å². The minimum atomic E-state index is -0.847. The monoisotopic (exact) mass is 503 g/mol. The first-order valence-corrected chi connectivity index (χ1v) is 14.1. The van der Waals surface area contributed by atoms with Crippen LogP contribution in [-0.4, -0.2) is 44.7 Å². The Morgan fingerprint density at radius 1 is 0.892 bits per heavy atom. The standard InChI is InChI=1S/C32H41NO4/c1-36-32(37-2)24-17-19-33(20-18-24)27-14-11-23(12-15-27)30-28(22-7-4-3-5-8-22)10-6-9-25-21-26(31(34)35)13-16-29(25)30/h11-16,21-22,24,32H,3-10,17-20H2,1-2H3,(H,34,35). The first-order valence-electron chi connectivity index (χ1n) is 14.1. The second kappa shape index (κ2) is 11.8. The average molecular weight is 504 g/mol. The molecule has 1 aliphatic heterocycles. The van der Waals surface area contributed by atoms with E-state index in [0.717, 1.165) is 45.2 Å². The quantitative estimate of drug-likeness (QED) is 0.415. The molecule has 0 bridgehead atoms. The van der Waals surface area contributed by atoms with E-state index in [2.05, 4.69) is 35.2 Å². The predicted octanol–water partition coefficient (Wildman–Crippen LogP) is 6.94. The normalized spacial score (nSPS) is 19.7. The van der Waals surface area contributed by atoms with Crippen molar-refractivity contribution in [2.75, 3.05) is 32.2 Å². The lowest BCUT2D eigenvalue weighted by Gasteiger charge is -2.36. The molecule has 2 aromatic rings. The molecule has 37 heavy (non-hydrogen) atoms. The molecule has 1 heterocycles. The molecule has 5 rings (SSSR count). The van der Waals surface area contributed by atoms with Crippen LogP contribution in [-0.2, 0) is 15.9 Å². The average Bonchev–Trinajstić information content (AvgIpc) is 3.14. The van der Waals surface area contributed by atoms with Gasteiger partial charge in [0.05, 0.1) is 5.56 Å². The summed E-state index contributed by atoms with van der Waals surface area (Å²) in [6.07, 6.45) is 11.7. The number of allylic oxidation sites excluding steroid dienone is 1. The number of carbonyl (C=O) groups is 1. The van der Waals surface area contributed by atoms with Crippen molar-refractivity contribution >= 4 is 17.2 Å². The third kappa shape index (κ3) is 5.63. The first-order chi connectivity index (χ1) is 18.1. The van der Waals surface area contributed by atoms with E-state index in [1.165, 1.54) is 60.1 Å². The fourth-order valence-corrected chi connectivity index (χ4v) is 6.89. The second-order valence-corrected chi connectivity index (χ2v) is 11.0. The number of benzene rings is 2. The maximum atomic E-state index is 11.7. The van der Waals surface area contributed by atoms with Crippen LogP contribution in [0.1, 0.15) is 84.8 Å². The number of carboxylic acids is 1. The van der Waals surface area contributed by atoms with E-state index in [0.29, 0.717) is 17.4 Å². The van der Waals surface area contributed by atoms with Crippen molar-refractivity contribution < 1.29 is 19.4 Å². The zero-order chi connectivity index (χ0) is 25.8. The van der Waals surface area contributed by atoms with E-state index in [4.69, 9.17) is 9.47 Å². The molecule has 0 radical (unpaired) electrons. The van der Waals surface area contributed by atoms with Gasteiger partial charge in [-0.05, 0) is 97.4 Å². The van der Waals surface area contributed by atoms with Gasteiger partial charge in [-0.1, -0.05) is 43.0 Å². The van der Waals surface area contributed by atoms with Crippen molar-refractivity contribution in [1.29, 1.82) is 0 Å². The molecule has 0 unspecified atom stereocenters. The van der Waals surface area contributed by atoms with E-state index in [1.807, 2.05) is 6.07 Å². The SMILES string of the molecule is COC(OC)C1CCN(c2ccc(C3=C(C4CCCCC4)CCCc4cc(C(=O)O)ccc43)cc2)CC1. The highest BCUT2D eigenvalue weighted by atomic mass is 16.7. The molecular weight excluding hydrogens is 462 g/mol. The third-order valence-corrected chi connectivity index (χ3v) is 8.84. The lowest BCUT2D eigenvalue weighted by Crippen LogP contribution is -2.39. The summed E-state index contributed by atoms with van der Waals surface area (Å²) in [6, 6.07) is 14.9. The molecule has 0 amide bonds. The van der Waals surface area contributed by atoms with Gasteiger partial charge >= 0.3 is 5.97 Å². The molecule has 2 aromatic carbocycles. The van der Waals surface area contributed by atoms with Crippen molar-refractivity contribution in [3.63, 3.8) is 0 Å². The number of anilines is 1. The minimum absolute atomic E-state index is 0.119. The lowest BCUT2D eigenvalue weighted by atomic mass is 9.78. The maximum absolute atomic E-state index is 11.7. The first kappa shape index (κ1) is 26.0. The molecular formula is C32H41NO4. The summed E-state index contributed by atoms with van der Waals surface area (Å²) in [5.41, 5.74) is 8.30. The Labute approximate surface area is 221 Å². The molecule has 0 spiro atoms. The van der Waals surface area contributed by atoms with Crippen LogP contribution in [0.5, 0.6) is 0 Å². The molecule has 0 aromatic heterocycles. The number of fused-ring (bicyclic) bond motifs is 1. The van der Waals surface area contributed by atoms with Crippen LogP contribution in [0.15, 0.2) is 48.0 Å². The van der Waals surface area contributed by atoms with Gasteiger partial charge in [-0.3, -0.25) is 0 Å². The van der Waals surface area contributed by atoms with E-state index in [9.17, 15) is 9.90 Å². The third-order valence-electron chi connectivity index (χ3n) is 8.84. The summed E-state index contributed by atoms with van der Waals surface area (Å²) in [6.45, 7) is 2.01. The summed E-state index contributed by atoms with van der Waals surface area (Å²) in [5.74, 6) is 0.231. The number of rotatable bonds is 7. The summed E-state index contributed by atoms with van der Waals surface area (Å²) < 4.78 is 11.0. The van der Waals surface area contributed by atoms with E-state index in [-0.39, 0.29) is 6.29 Å². The number of hydrogen-bond donors (Lipinski definition) is 1. The Bertz CT molecular complexity index is 1100. The number of nitrogens with zero attached hydrogens (tertiary/aromatic N) is 1. The number of aryl methyl sites for hydroxylation is 1. The number of ether oxygens (including phenoxy) is 2. The molecule has 1 saturated carbocycles. The van der Waals surface area contributed by atoms with Crippen molar-refractivity contribution in [3.8, 4) is 0 Å². The Hall–Kier alpha value is -2.63. The Morgan fingerprint density at radius 3 is 2.24 bits per heavy atom. The number of carboxylic acid groups (broad SMARTS) is 1. The van der Waals surface area contributed by atoms with E-state index in [1.54, 1.807) is 25.9 Å². The Balaban J connectivity index is 1.45. The molecule has 5 heteroatoms. The Morgan fingerprint density at radius 2 is 1.59 bits per heavy atom. The smallest absolute Gasteiger partial charge is 0.335 e. The number of methoxy groups -OCH3 is 2. The van der Waals surface area contributed by atoms with Crippen LogP contribution in [0.3, 0.4) is 0 Å². The largest absolute Gasteiger partial charge is 0.478 e. The number of piperidine rings is 1. The fourth-order valence-electron chi connectivity index (χ4n) is 6.89. The van der Waals surface area contributed by atoms with Crippen molar-refractivity contribution in [2.24, 2.45) is 11.8 Å². The molecule has 1 N–H and O–H groups in total. The number of hydrogen-bond acceptors (Lipinski definition) is 4. The molecule has 198 valence electrons. The Kier molecular flexibility index (Phi) is 8.31. The van der Waals surface area contributed by atoms with Gasteiger partial charge < -0.3 is 19.5 Å². The predicted molar refractivity (Wildman–Crippen MR) is 148 cm³/mol. The summed E-state index contributed by atoms with van der Waals surface area (Å²) >= 11 is 0. The van der Waals surface area contributed by atoms with Gasteiger partial charge in [-0.25, -0.2) is 4.79 Å². The number of aromatic carboxylic acids is 1. The van der Waals surface area contributed by atoms with E-state index >= 15 is 0 Å².